The molecular formula is C14H21BrN2. The van der Waals surface area contributed by atoms with Crippen LogP contribution in [0.15, 0.2) is 18.2 Å². The second kappa shape index (κ2) is 6.50. The fraction of sp³-hybridized carbons (Fsp3) is 0.643. The highest BCUT2D eigenvalue weighted by atomic mass is 79.9. The summed E-state index contributed by atoms with van der Waals surface area (Å²) in [6, 6.07) is 7.00. The van der Waals surface area contributed by atoms with Gasteiger partial charge in [-0.15, -0.1) is 0 Å². The van der Waals surface area contributed by atoms with Gasteiger partial charge in [-0.05, 0) is 38.4 Å². The average molecular weight is 297 g/mol. The van der Waals surface area contributed by atoms with E-state index in [2.05, 4.69) is 50.9 Å². The number of aryl methyl sites for hydroxylation is 1. The van der Waals surface area contributed by atoms with Crippen LogP contribution in [0.1, 0.15) is 37.1 Å². The number of hydrogen-bond acceptors (Lipinski definition) is 2. The van der Waals surface area contributed by atoms with Crippen LogP contribution in [0, 0.1) is 6.92 Å². The number of rotatable bonds is 3. The molecule has 0 aromatic carbocycles. The Morgan fingerprint density at radius 1 is 1.35 bits per heavy atom. The summed E-state index contributed by atoms with van der Waals surface area (Å²) in [5.74, 6) is 0. The monoisotopic (exact) mass is 296 g/mol. The van der Waals surface area contributed by atoms with Gasteiger partial charge >= 0.3 is 0 Å². The second-order valence-electron chi connectivity index (χ2n) is 4.90. The predicted octanol–water partition coefficient (Wildman–Crippen LogP) is 3.53. The molecule has 2 nitrogen and oxygen atoms in total. The highest BCUT2D eigenvalue weighted by Gasteiger charge is 2.20. The van der Waals surface area contributed by atoms with E-state index < -0.39 is 0 Å². The SMILES string of the molecule is Cc1cccc(CN2CCCCCC2CBr)n1. The van der Waals surface area contributed by atoms with Crippen LogP contribution in [0.25, 0.3) is 0 Å². The quantitative estimate of drug-likeness (QED) is 0.793. The molecule has 1 saturated heterocycles. The van der Waals surface area contributed by atoms with Crippen molar-refractivity contribution < 1.29 is 0 Å². The third-order valence-electron chi connectivity index (χ3n) is 3.49. The molecule has 2 rings (SSSR count). The molecule has 0 amide bonds. The van der Waals surface area contributed by atoms with Crippen molar-refractivity contribution in [1.29, 1.82) is 0 Å². The van der Waals surface area contributed by atoms with Crippen molar-refractivity contribution in [3.63, 3.8) is 0 Å². The molecule has 17 heavy (non-hydrogen) atoms. The molecule has 0 N–H and O–H groups in total. The van der Waals surface area contributed by atoms with Crippen molar-refractivity contribution >= 4 is 15.9 Å². The third kappa shape index (κ3) is 3.78. The minimum absolute atomic E-state index is 0.680. The maximum atomic E-state index is 4.61. The van der Waals surface area contributed by atoms with E-state index >= 15 is 0 Å². The molecule has 0 aliphatic carbocycles. The van der Waals surface area contributed by atoms with Crippen LogP contribution < -0.4 is 0 Å². The summed E-state index contributed by atoms with van der Waals surface area (Å²) in [7, 11) is 0. The van der Waals surface area contributed by atoms with Gasteiger partial charge in [-0.1, -0.05) is 34.8 Å². The largest absolute Gasteiger partial charge is 0.294 e. The van der Waals surface area contributed by atoms with Gasteiger partial charge in [0.2, 0.25) is 0 Å². The molecule has 1 aliphatic heterocycles. The number of halogens is 1. The Kier molecular flexibility index (Phi) is 4.99. The van der Waals surface area contributed by atoms with Gasteiger partial charge in [0.05, 0.1) is 5.69 Å². The lowest BCUT2D eigenvalue weighted by Gasteiger charge is -2.28. The number of aromatic nitrogens is 1. The van der Waals surface area contributed by atoms with Crippen LogP contribution in [0.3, 0.4) is 0 Å². The molecule has 0 radical (unpaired) electrons. The zero-order chi connectivity index (χ0) is 12.1. The van der Waals surface area contributed by atoms with Crippen LogP contribution in [0.4, 0.5) is 0 Å². The number of alkyl halides is 1. The maximum absolute atomic E-state index is 4.61. The first kappa shape index (κ1) is 13.0. The van der Waals surface area contributed by atoms with E-state index in [1.54, 1.807) is 0 Å². The van der Waals surface area contributed by atoms with Crippen molar-refractivity contribution in [1.82, 2.24) is 9.88 Å². The summed E-state index contributed by atoms with van der Waals surface area (Å²) in [6.45, 7) is 4.28. The summed E-state index contributed by atoms with van der Waals surface area (Å²) < 4.78 is 0. The minimum atomic E-state index is 0.680. The molecule has 1 fully saturated rings. The molecule has 0 spiro atoms. The highest BCUT2D eigenvalue weighted by molar-refractivity contribution is 9.09. The van der Waals surface area contributed by atoms with Crippen molar-refractivity contribution in [2.45, 2.75) is 45.2 Å². The molecule has 2 heterocycles. The Balaban J connectivity index is 2.04. The van der Waals surface area contributed by atoms with Crippen LogP contribution in [-0.2, 0) is 6.54 Å². The maximum Gasteiger partial charge on any atom is 0.0547 e. The zero-order valence-corrected chi connectivity index (χ0v) is 12.1. The standard InChI is InChI=1S/C14H21BrN2/c1-12-6-5-7-13(16-12)11-17-9-4-2-3-8-14(17)10-15/h5-7,14H,2-4,8-11H2,1H3. The van der Waals surface area contributed by atoms with Gasteiger partial charge in [-0.2, -0.15) is 0 Å². The Morgan fingerprint density at radius 2 is 2.24 bits per heavy atom. The molecule has 1 atom stereocenters. The van der Waals surface area contributed by atoms with E-state index in [1.807, 2.05) is 0 Å². The molecule has 94 valence electrons. The smallest absolute Gasteiger partial charge is 0.0547 e. The van der Waals surface area contributed by atoms with Gasteiger partial charge in [-0.3, -0.25) is 9.88 Å². The second-order valence-corrected chi connectivity index (χ2v) is 5.55. The summed E-state index contributed by atoms with van der Waals surface area (Å²) in [5, 5.41) is 1.08. The highest BCUT2D eigenvalue weighted by Crippen LogP contribution is 2.20. The summed E-state index contributed by atoms with van der Waals surface area (Å²) >= 11 is 3.65. The first-order valence-electron chi connectivity index (χ1n) is 6.52. The van der Waals surface area contributed by atoms with Crippen LogP contribution in [0.5, 0.6) is 0 Å². The van der Waals surface area contributed by atoms with Crippen LogP contribution in [-0.4, -0.2) is 27.8 Å². The molecular weight excluding hydrogens is 276 g/mol. The Bertz CT molecular complexity index is 354. The predicted molar refractivity (Wildman–Crippen MR) is 75.4 cm³/mol. The number of pyridine rings is 1. The molecule has 0 saturated carbocycles. The van der Waals surface area contributed by atoms with Crippen molar-refractivity contribution in [2.75, 3.05) is 11.9 Å². The normalized spacial score (nSPS) is 22.4. The molecule has 3 heteroatoms. The van der Waals surface area contributed by atoms with E-state index in [9.17, 15) is 0 Å². The lowest BCUT2D eigenvalue weighted by Crippen LogP contribution is -2.35. The number of likely N-dealkylation sites (tertiary alicyclic amines) is 1. The summed E-state index contributed by atoms with van der Waals surface area (Å²) in [5.41, 5.74) is 2.32. The molecule has 1 aromatic rings. The Hall–Kier alpha value is -0.410. The Labute approximate surface area is 113 Å². The van der Waals surface area contributed by atoms with E-state index in [4.69, 9.17) is 0 Å². The molecule has 1 aromatic heterocycles. The number of nitrogens with zero attached hydrogens (tertiary/aromatic N) is 2. The van der Waals surface area contributed by atoms with E-state index in [0.29, 0.717) is 6.04 Å². The summed E-state index contributed by atoms with van der Waals surface area (Å²) in [6.07, 6.45) is 5.39. The van der Waals surface area contributed by atoms with Crippen LogP contribution in [0.2, 0.25) is 0 Å². The van der Waals surface area contributed by atoms with E-state index in [0.717, 1.165) is 17.6 Å². The van der Waals surface area contributed by atoms with Crippen LogP contribution >= 0.6 is 15.9 Å². The van der Waals surface area contributed by atoms with Gasteiger partial charge < -0.3 is 0 Å². The molecule has 1 unspecified atom stereocenters. The van der Waals surface area contributed by atoms with Crippen molar-refractivity contribution in [3.8, 4) is 0 Å². The topological polar surface area (TPSA) is 16.1 Å². The van der Waals surface area contributed by atoms with Crippen molar-refractivity contribution in [3.05, 3.63) is 29.6 Å². The molecule has 0 bridgehead atoms. The van der Waals surface area contributed by atoms with Gasteiger partial charge in [0.15, 0.2) is 0 Å². The number of hydrogen-bond donors (Lipinski definition) is 0. The molecule has 1 aliphatic rings. The first-order chi connectivity index (χ1) is 8.29. The summed E-state index contributed by atoms with van der Waals surface area (Å²) in [4.78, 5) is 7.20. The first-order valence-corrected chi connectivity index (χ1v) is 7.64. The van der Waals surface area contributed by atoms with E-state index in [-0.39, 0.29) is 0 Å². The minimum Gasteiger partial charge on any atom is -0.294 e. The Morgan fingerprint density at radius 3 is 3.00 bits per heavy atom. The van der Waals surface area contributed by atoms with Gasteiger partial charge in [0, 0.05) is 23.6 Å². The fourth-order valence-electron chi connectivity index (χ4n) is 2.52. The van der Waals surface area contributed by atoms with Crippen molar-refractivity contribution in [2.24, 2.45) is 0 Å². The van der Waals surface area contributed by atoms with Gasteiger partial charge in [0.25, 0.3) is 0 Å². The third-order valence-corrected chi connectivity index (χ3v) is 4.24. The van der Waals surface area contributed by atoms with Gasteiger partial charge in [0.1, 0.15) is 0 Å². The average Bonchev–Trinajstić information content (AvgIpc) is 2.54. The lowest BCUT2D eigenvalue weighted by molar-refractivity contribution is 0.207. The zero-order valence-electron chi connectivity index (χ0n) is 10.5. The van der Waals surface area contributed by atoms with Gasteiger partial charge in [-0.25, -0.2) is 0 Å². The fourth-order valence-corrected chi connectivity index (χ4v) is 3.25. The van der Waals surface area contributed by atoms with E-state index in [1.165, 1.54) is 37.9 Å². The lowest BCUT2D eigenvalue weighted by atomic mass is 10.1.